The van der Waals surface area contributed by atoms with E-state index in [0.29, 0.717) is 0 Å². The van der Waals surface area contributed by atoms with Gasteiger partial charge >= 0.3 is 0 Å². The third-order valence-corrected chi connectivity index (χ3v) is 3.80. The molecular weight excluding hydrogens is 354 g/mol. The van der Waals surface area contributed by atoms with Gasteiger partial charge in [0.2, 0.25) is 0 Å². The third-order valence-electron chi connectivity index (χ3n) is 2.89. The molecule has 0 spiro atoms. The van der Waals surface area contributed by atoms with Crippen LogP contribution >= 0.6 is 31.9 Å². The number of hydrogen-bond donors (Lipinski definition) is 1. The van der Waals surface area contributed by atoms with Gasteiger partial charge in [0.15, 0.2) is 0 Å². The Bertz CT molecular complexity index is 514. The topological polar surface area (TPSA) is 26.0 Å². The van der Waals surface area contributed by atoms with Gasteiger partial charge in [-0.05, 0) is 42.7 Å². The standard InChI is InChI=1S/C15H15Br2N/c1-10-2-4-11(5-3-10)6-15(18)12-7-13(16)9-14(17)8-12/h2-5,7-9,15H,6,18H2,1H3. The highest BCUT2D eigenvalue weighted by Gasteiger charge is 2.08. The molecular formula is C15H15Br2N. The maximum absolute atomic E-state index is 6.26. The van der Waals surface area contributed by atoms with Gasteiger partial charge in [0.05, 0.1) is 0 Å². The van der Waals surface area contributed by atoms with Crippen molar-refractivity contribution in [1.82, 2.24) is 0 Å². The Morgan fingerprint density at radius 3 is 2.11 bits per heavy atom. The average molecular weight is 369 g/mol. The van der Waals surface area contributed by atoms with Crippen molar-refractivity contribution in [2.75, 3.05) is 0 Å². The van der Waals surface area contributed by atoms with Crippen LogP contribution in [0.15, 0.2) is 51.4 Å². The number of halogens is 2. The minimum Gasteiger partial charge on any atom is -0.324 e. The van der Waals surface area contributed by atoms with Gasteiger partial charge < -0.3 is 5.73 Å². The molecule has 18 heavy (non-hydrogen) atoms. The molecule has 0 amide bonds. The van der Waals surface area contributed by atoms with Crippen molar-refractivity contribution < 1.29 is 0 Å². The molecule has 0 saturated carbocycles. The molecule has 1 unspecified atom stereocenters. The van der Waals surface area contributed by atoms with Gasteiger partial charge in [-0.1, -0.05) is 61.7 Å². The van der Waals surface area contributed by atoms with E-state index in [9.17, 15) is 0 Å². The molecule has 0 aliphatic heterocycles. The van der Waals surface area contributed by atoms with E-state index in [2.05, 4.69) is 75.2 Å². The minimum absolute atomic E-state index is 0.0153. The molecule has 94 valence electrons. The van der Waals surface area contributed by atoms with Gasteiger partial charge in [-0.3, -0.25) is 0 Å². The predicted molar refractivity (Wildman–Crippen MR) is 83.7 cm³/mol. The van der Waals surface area contributed by atoms with Crippen molar-refractivity contribution >= 4 is 31.9 Å². The molecule has 3 heteroatoms. The molecule has 0 aromatic heterocycles. The summed E-state index contributed by atoms with van der Waals surface area (Å²) in [6.07, 6.45) is 0.850. The Balaban J connectivity index is 2.16. The van der Waals surface area contributed by atoms with Gasteiger partial charge in [-0.2, -0.15) is 0 Å². The molecule has 0 saturated heterocycles. The SMILES string of the molecule is Cc1ccc(CC(N)c2cc(Br)cc(Br)c2)cc1. The van der Waals surface area contributed by atoms with Crippen molar-refractivity contribution in [1.29, 1.82) is 0 Å². The normalized spacial score (nSPS) is 12.4. The Hall–Kier alpha value is -0.640. The second-order valence-corrected chi connectivity index (χ2v) is 6.33. The fraction of sp³-hybridized carbons (Fsp3) is 0.200. The van der Waals surface area contributed by atoms with Crippen LogP contribution < -0.4 is 5.73 Å². The molecule has 0 aliphatic carbocycles. The zero-order chi connectivity index (χ0) is 13.1. The number of aryl methyl sites for hydroxylation is 1. The highest BCUT2D eigenvalue weighted by atomic mass is 79.9. The van der Waals surface area contributed by atoms with E-state index in [-0.39, 0.29) is 6.04 Å². The van der Waals surface area contributed by atoms with E-state index < -0.39 is 0 Å². The summed E-state index contributed by atoms with van der Waals surface area (Å²) >= 11 is 6.98. The van der Waals surface area contributed by atoms with Crippen molar-refractivity contribution in [3.05, 3.63) is 68.1 Å². The lowest BCUT2D eigenvalue weighted by atomic mass is 9.99. The number of benzene rings is 2. The van der Waals surface area contributed by atoms with Crippen molar-refractivity contribution in [3.63, 3.8) is 0 Å². The molecule has 0 bridgehead atoms. The molecule has 2 aromatic carbocycles. The van der Waals surface area contributed by atoms with Crippen LogP contribution in [0.4, 0.5) is 0 Å². The maximum atomic E-state index is 6.26. The lowest BCUT2D eigenvalue weighted by Gasteiger charge is -2.13. The zero-order valence-electron chi connectivity index (χ0n) is 10.2. The van der Waals surface area contributed by atoms with E-state index in [1.807, 2.05) is 6.07 Å². The molecule has 1 atom stereocenters. The first-order valence-corrected chi connectivity index (χ1v) is 7.40. The first-order valence-electron chi connectivity index (χ1n) is 5.82. The molecule has 0 aliphatic rings. The Kier molecular flexibility index (Phi) is 4.60. The summed E-state index contributed by atoms with van der Waals surface area (Å²) in [4.78, 5) is 0. The molecule has 1 nitrogen and oxygen atoms in total. The van der Waals surface area contributed by atoms with Gasteiger partial charge in [0, 0.05) is 15.0 Å². The average Bonchev–Trinajstić information content (AvgIpc) is 2.31. The fourth-order valence-corrected chi connectivity index (χ4v) is 3.21. The zero-order valence-corrected chi connectivity index (χ0v) is 13.3. The summed E-state index contributed by atoms with van der Waals surface area (Å²) in [5.41, 5.74) is 9.94. The van der Waals surface area contributed by atoms with Crippen LogP contribution in [-0.4, -0.2) is 0 Å². The van der Waals surface area contributed by atoms with Crippen molar-refractivity contribution in [2.24, 2.45) is 5.73 Å². The Labute approximate surface area is 125 Å². The third kappa shape index (κ3) is 3.67. The summed E-state index contributed by atoms with van der Waals surface area (Å²) in [6.45, 7) is 2.09. The molecule has 0 heterocycles. The van der Waals surface area contributed by atoms with Crippen LogP contribution in [0.5, 0.6) is 0 Å². The molecule has 0 radical (unpaired) electrons. The van der Waals surface area contributed by atoms with Crippen LogP contribution in [0.25, 0.3) is 0 Å². The fourth-order valence-electron chi connectivity index (χ4n) is 1.89. The predicted octanol–water partition coefficient (Wildman–Crippen LogP) is 4.76. The second-order valence-electron chi connectivity index (χ2n) is 4.50. The van der Waals surface area contributed by atoms with Gasteiger partial charge in [0.1, 0.15) is 0 Å². The second kappa shape index (κ2) is 6.00. The maximum Gasteiger partial charge on any atom is 0.0336 e. The quantitative estimate of drug-likeness (QED) is 0.830. The number of nitrogens with two attached hydrogens (primary N) is 1. The van der Waals surface area contributed by atoms with E-state index in [1.54, 1.807) is 0 Å². The minimum atomic E-state index is 0.0153. The number of rotatable bonds is 3. The van der Waals surface area contributed by atoms with Crippen LogP contribution in [0.2, 0.25) is 0 Å². The van der Waals surface area contributed by atoms with E-state index >= 15 is 0 Å². The van der Waals surface area contributed by atoms with Crippen LogP contribution in [-0.2, 0) is 6.42 Å². The summed E-state index contributed by atoms with van der Waals surface area (Å²) in [6, 6.07) is 14.7. The van der Waals surface area contributed by atoms with Crippen LogP contribution in [0.1, 0.15) is 22.7 Å². The lowest BCUT2D eigenvalue weighted by Crippen LogP contribution is -2.13. The number of hydrogen-bond acceptors (Lipinski definition) is 1. The Morgan fingerprint density at radius 2 is 1.56 bits per heavy atom. The van der Waals surface area contributed by atoms with Crippen molar-refractivity contribution in [2.45, 2.75) is 19.4 Å². The first-order chi connectivity index (χ1) is 8.54. The Morgan fingerprint density at radius 1 is 1.00 bits per heavy atom. The first kappa shape index (κ1) is 13.8. The smallest absolute Gasteiger partial charge is 0.0336 e. The van der Waals surface area contributed by atoms with E-state index in [4.69, 9.17) is 5.73 Å². The molecule has 2 N–H and O–H groups in total. The van der Waals surface area contributed by atoms with Crippen molar-refractivity contribution in [3.8, 4) is 0 Å². The molecule has 0 fully saturated rings. The van der Waals surface area contributed by atoms with Gasteiger partial charge in [-0.25, -0.2) is 0 Å². The van der Waals surface area contributed by atoms with Gasteiger partial charge in [-0.15, -0.1) is 0 Å². The highest BCUT2D eigenvalue weighted by Crippen LogP contribution is 2.25. The summed E-state index contributed by atoms with van der Waals surface area (Å²) in [5.74, 6) is 0. The van der Waals surface area contributed by atoms with Crippen LogP contribution in [0.3, 0.4) is 0 Å². The lowest BCUT2D eigenvalue weighted by molar-refractivity contribution is 0.721. The summed E-state index contributed by atoms with van der Waals surface area (Å²) in [7, 11) is 0. The molecule has 2 aromatic rings. The highest BCUT2D eigenvalue weighted by molar-refractivity contribution is 9.11. The molecule has 2 rings (SSSR count). The monoisotopic (exact) mass is 367 g/mol. The van der Waals surface area contributed by atoms with E-state index in [0.717, 1.165) is 20.9 Å². The largest absolute Gasteiger partial charge is 0.324 e. The van der Waals surface area contributed by atoms with E-state index in [1.165, 1.54) is 11.1 Å². The van der Waals surface area contributed by atoms with Gasteiger partial charge in [0.25, 0.3) is 0 Å². The van der Waals surface area contributed by atoms with Crippen LogP contribution in [0, 0.1) is 6.92 Å². The summed E-state index contributed by atoms with van der Waals surface area (Å²) in [5, 5.41) is 0. The summed E-state index contributed by atoms with van der Waals surface area (Å²) < 4.78 is 2.09.